The molecule has 0 fully saturated rings. The van der Waals surface area contributed by atoms with Crippen molar-refractivity contribution >= 4 is 17.4 Å². The van der Waals surface area contributed by atoms with Gasteiger partial charge in [0.1, 0.15) is 0 Å². The first-order chi connectivity index (χ1) is 9.27. The third-order valence-corrected chi connectivity index (χ3v) is 2.57. The molecule has 4 nitrogen and oxygen atoms in total. The van der Waals surface area contributed by atoms with Crippen LogP contribution in [0.3, 0.4) is 0 Å². The Morgan fingerprint density at radius 1 is 1.25 bits per heavy atom. The van der Waals surface area contributed by atoms with Gasteiger partial charge in [-0.25, -0.2) is 0 Å². The standard InChI is InChI=1S/C13H15F3N2O2/c1-8(19)18-12-9(11(20)6-7-17-2)4-3-5-10(12)13(14,15)16/h3-5,17H,6-7H2,1-2H3,(H,18,19). The number of carbonyl (C=O) groups excluding carboxylic acids is 2. The fraction of sp³-hybridized carbons (Fsp3) is 0.385. The van der Waals surface area contributed by atoms with Gasteiger partial charge in [0.15, 0.2) is 5.78 Å². The summed E-state index contributed by atoms with van der Waals surface area (Å²) in [7, 11) is 1.63. The number of anilines is 1. The molecule has 1 rings (SSSR count). The van der Waals surface area contributed by atoms with Crippen LogP contribution >= 0.6 is 0 Å². The zero-order valence-corrected chi connectivity index (χ0v) is 11.1. The molecule has 1 aromatic carbocycles. The summed E-state index contributed by atoms with van der Waals surface area (Å²) < 4.78 is 38.8. The Kier molecular flexibility index (Phi) is 5.26. The fourth-order valence-corrected chi connectivity index (χ4v) is 1.70. The highest BCUT2D eigenvalue weighted by Gasteiger charge is 2.35. The van der Waals surface area contributed by atoms with Crippen molar-refractivity contribution in [3.63, 3.8) is 0 Å². The molecule has 20 heavy (non-hydrogen) atoms. The van der Waals surface area contributed by atoms with E-state index in [1.165, 1.54) is 6.07 Å². The summed E-state index contributed by atoms with van der Waals surface area (Å²) in [5, 5.41) is 4.85. The Morgan fingerprint density at radius 2 is 1.90 bits per heavy atom. The number of ketones is 1. The van der Waals surface area contributed by atoms with Crippen molar-refractivity contribution in [2.45, 2.75) is 19.5 Å². The number of rotatable bonds is 5. The van der Waals surface area contributed by atoms with Crippen molar-refractivity contribution < 1.29 is 22.8 Å². The molecule has 0 saturated heterocycles. The molecule has 0 atom stereocenters. The average Bonchev–Trinajstić information content (AvgIpc) is 2.34. The maximum absolute atomic E-state index is 12.9. The highest BCUT2D eigenvalue weighted by atomic mass is 19.4. The van der Waals surface area contributed by atoms with Crippen LogP contribution in [-0.4, -0.2) is 25.3 Å². The number of carbonyl (C=O) groups is 2. The first-order valence-corrected chi connectivity index (χ1v) is 5.93. The summed E-state index contributed by atoms with van der Waals surface area (Å²) in [4.78, 5) is 23.0. The number of hydrogen-bond acceptors (Lipinski definition) is 3. The normalized spacial score (nSPS) is 11.2. The lowest BCUT2D eigenvalue weighted by Crippen LogP contribution is -2.19. The Bertz CT molecular complexity index is 513. The molecule has 0 radical (unpaired) electrons. The maximum Gasteiger partial charge on any atom is 0.418 e. The zero-order valence-electron chi connectivity index (χ0n) is 11.1. The third kappa shape index (κ3) is 4.06. The van der Waals surface area contributed by atoms with Crippen LogP contribution in [-0.2, 0) is 11.0 Å². The van der Waals surface area contributed by atoms with E-state index in [0.717, 1.165) is 19.1 Å². The summed E-state index contributed by atoms with van der Waals surface area (Å²) in [6.45, 7) is 1.43. The topological polar surface area (TPSA) is 58.2 Å². The van der Waals surface area contributed by atoms with Crippen LogP contribution in [0, 0.1) is 0 Å². The summed E-state index contributed by atoms with van der Waals surface area (Å²) in [5.74, 6) is -1.13. The van der Waals surface area contributed by atoms with Gasteiger partial charge < -0.3 is 10.6 Å². The van der Waals surface area contributed by atoms with Gasteiger partial charge >= 0.3 is 6.18 Å². The first kappa shape index (κ1) is 16.2. The highest BCUT2D eigenvalue weighted by Crippen LogP contribution is 2.37. The minimum Gasteiger partial charge on any atom is -0.325 e. The lowest BCUT2D eigenvalue weighted by molar-refractivity contribution is -0.137. The Labute approximate surface area is 114 Å². The van der Waals surface area contributed by atoms with E-state index in [4.69, 9.17) is 0 Å². The van der Waals surface area contributed by atoms with Crippen LogP contribution in [0.1, 0.15) is 29.3 Å². The Balaban J connectivity index is 3.29. The van der Waals surface area contributed by atoms with E-state index in [-0.39, 0.29) is 12.0 Å². The van der Waals surface area contributed by atoms with Gasteiger partial charge in [-0.1, -0.05) is 6.07 Å². The average molecular weight is 288 g/mol. The summed E-state index contributed by atoms with van der Waals surface area (Å²) in [5.41, 5.74) is -1.64. The largest absolute Gasteiger partial charge is 0.418 e. The van der Waals surface area contributed by atoms with E-state index < -0.39 is 29.1 Å². The van der Waals surface area contributed by atoms with Crippen molar-refractivity contribution in [3.8, 4) is 0 Å². The van der Waals surface area contributed by atoms with Gasteiger partial charge in [0, 0.05) is 25.5 Å². The van der Waals surface area contributed by atoms with Crippen molar-refractivity contribution in [2.75, 3.05) is 18.9 Å². The van der Waals surface area contributed by atoms with Crippen molar-refractivity contribution in [3.05, 3.63) is 29.3 Å². The summed E-state index contributed by atoms with van der Waals surface area (Å²) >= 11 is 0. The number of alkyl halides is 3. The molecule has 1 aromatic rings. The molecular formula is C13H15F3N2O2. The molecule has 0 aliphatic rings. The zero-order chi connectivity index (χ0) is 15.3. The summed E-state index contributed by atoms with van der Waals surface area (Å²) in [6, 6.07) is 3.26. The number of benzene rings is 1. The maximum atomic E-state index is 12.9. The number of amides is 1. The van der Waals surface area contributed by atoms with Gasteiger partial charge in [-0.2, -0.15) is 13.2 Å². The predicted molar refractivity (Wildman–Crippen MR) is 68.6 cm³/mol. The molecule has 110 valence electrons. The van der Waals surface area contributed by atoms with E-state index in [1.807, 2.05) is 0 Å². The van der Waals surface area contributed by atoms with Gasteiger partial charge in [0.05, 0.1) is 11.3 Å². The quantitative estimate of drug-likeness (QED) is 0.818. The molecule has 0 bridgehead atoms. The molecule has 0 spiro atoms. The summed E-state index contributed by atoms with van der Waals surface area (Å²) in [6.07, 6.45) is -4.60. The third-order valence-electron chi connectivity index (χ3n) is 2.57. The molecule has 0 unspecified atom stereocenters. The minimum atomic E-state index is -4.64. The van der Waals surface area contributed by atoms with Gasteiger partial charge in [-0.3, -0.25) is 9.59 Å². The number of nitrogens with one attached hydrogen (secondary N) is 2. The van der Waals surface area contributed by atoms with E-state index >= 15 is 0 Å². The number of Topliss-reactive ketones (excluding diaryl/α,β-unsaturated/α-hetero) is 1. The van der Waals surface area contributed by atoms with Crippen LogP contribution in [0.15, 0.2) is 18.2 Å². The van der Waals surface area contributed by atoms with E-state index in [2.05, 4.69) is 10.6 Å². The molecule has 0 aliphatic carbocycles. The van der Waals surface area contributed by atoms with Gasteiger partial charge in [0.25, 0.3) is 0 Å². The van der Waals surface area contributed by atoms with Crippen LogP contribution < -0.4 is 10.6 Å². The molecular weight excluding hydrogens is 273 g/mol. The van der Waals surface area contributed by atoms with Gasteiger partial charge in [0.2, 0.25) is 5.91 Å². The van der Waals surface area contributed by atoms with Crippen LogP contribution in [0.2, 0.25) is 0 Å². The van der Waals surface area contributed by atoms with Crippen molar-refractivity contribution in [2.24, 2.45) is 0 Å². The number of halogens is 3. The second kappa shape index (κ2) is 6.51. The molecule has 0 aromatic heterocycles. The highest BCUT2D eigenvalue weighted by molar-refractivity contribution is 6.05. The SMILES string of the molecule is CNCCC(=O)c1cccc(C(F)(F)F)c1NC(C)=O. The molecule has 7 heteroatoms. The second-order valence-electron chi connectivity index (χ2n) is 4.18. The first-order valence-electron chi connectivity index (χ1n) is 5.93. The monoisotopic (exact) mass is 288 g/mol. The minimum absolute atomic E-state index is 0.0460. The van der Waals surface area contributed by atoms with E-state index in [1.54, 1.807) is 7.05 Å². The molecule has 0 aliphatic heterocycles. The van der Waals surface area contributed by atoms with Crippen molar-refractivity contribution in [1.82, 2.24) is 5.32 Å². The van der Waals surface area contributed by atoms with Gasteiger partial charge in [-0.05, 0) is 19.2 Å². The van der Waals surface area contributed by atoms with Crippen LogP contribution in [0.25, 0.3) is 0 Å². The lowest BCUT2D eigenvalue weighted by Gasteiger charge is -2.16. The van der Waals surface area contributed by atoms with Crippen LogP contribution in [0.4, 0.5) is 18.9 Å². The Hall–Kier alpha value is -1.89. The molecule has 2 N–H and O–H groups in total. The smallest absolute Gasteiger partial charge is 0.325 e. The van der Waals surface area contributed by atoms with E-state index in [9.17, 15) is 22.8 Å². The lowest BCUT2D eigenvalue weighted by atomic mass is 10.0. The second-order valence-corrected chi connectivity index (χ2v) is 4.18. The number of para-hydroxylation sites is 1. The Morgan fingerprint density at radius 3 is 2.40 bits per heavy atom. The molecule has 0 heterocycles. The van der Waals surface area contributed by atoms with Crippen LogP contribution in [0.5, 0.6) is 0 Å². The number of hydrogen-bond donors (Lipinski definition) is 2. The fourth-order valence-electron chi connectivity index (χ4n) is 1.70. The predicted octanol–water partition coefficient (Wildman–Crippen LogP) is 2.46. The molecule has 1 amide bonds. The van der Waals surface area contributed by atoms with Gasteiger partial charge in [-0.15, -0.1) is 0 Å². The van der Waals surface area contributed by atoms with E-state index in [0.29, 0.717) is 6.54 Å². The molecule has 0 saturated carbocycles. The van der Waals surface area contributed by atoms with Crippen molar-refractivity contribution in [1.29, 1.82) is 0 Å².